The number of amides is 1. The molecule has 4 heterocycles. The van der Waals surface area contributed by atoms with Gasteiger partial charge in [-0.3, -0.25) is 24.3 Å². The van der Waals surface area contributed by atoms with Gasteiger partial charge in [-0.2, -0.15) is 0 Å². The third-order valence-corrected chi connectivity index (χ3v) is 6.15. The fourth-order valence-corrected chi connectivity index (χ4v) is 4.52. The maximum atomic E-state index is 15.0. The maximum absolute atomic E-state index is 15.0. The summed E-state index contributed by atoms with van der Waals surface area (Å²) in [7, 11) is 0. The van der Waals surface area contributed by atoms with Crippen LogP contribution in [0.5, 0.6) is 11.5 Å². The molecule has 174 valence electrons. The summed E-state index contributed by atoms with van der Waals surface area (Å²) >= 11 is 0. The molecule has 1 amide bonds. The second-order valence-electron chi connectivity index (χ2n) is 8.11. The third-order valence-electron chi connectivity index (χ3n) is 6.15. The summed E-state index contributed by atoms with van der Waals surface area (Å²) in [5.74, 6) is -1.55. The van der Waals surface area contributed by atoms with Gasteiger partial charge in [-0.1, -0.05) is 31.2 Å². The van der Waals surface area contributed by atoms with E-state index in [0.29, 0.717) is 17.7 Å². The smallest absolute Gasteiger partial charge is 0.278 e. The highest BCUT2D eigenvalue weighted by molar-refractivity contribution is 5.96. The van der Waals surface area contributed by atoms with E-state index in [-0.39, 0.29) is 30.8 Å². The van der Waals surface area contributed by atoms with Crippen LogP contribution < -0.4 is 15.2 Å². The number of aromatic hydroxyl groups is 1. The van der Waals surface area contributed by atoms with E-state index in [1.54, 1.807) is 46.4 Å². The molecule has 5 rings (SSSR count). The van der Waals surface area contributed by atoms with Gasteiger partial charge in [-0.25, -0.2) is 4.39 Å². The Balaban J connectivity index is 1.83. The lowest BCUT2D eigenvalue weighted by Crippen LogP contribution is -2.57. The number of para-hydroxylation sites is 1. The molecule has 1 aromatic carbocycles. The average Bonchev–Trinajstić information content (AvgIpc) is 2.87. The first-order chi connectivity index (χ1) is 16.5. The molecule has 0 unspecified atom stereocenters. The Morgan fingerprint density at radius 1 is 1.18 bits per heavy atom. The first-order valence-corrected chi connectivity index (χ1v) is 11.0. The van der Waals surface area contributed by atoms with Crippen molar-refractivity contribution in [1.82, 2.24) is 14.6 Å². The van der Waals surface area contributed by atoms with Gasteiger partial charge in [0.1, 0.15) is 19.3 Å². The summed E-state index contributed by atoms with van der Waals surface area (Å²) < 4.78 is 22.3. The Morgan fingerprint density at radius 3 is 2.79 bits per heavy atom. The number of aromatic nitrogens is 2. The van der Waals surface area contributed by atoms with Gasteiger partial charge in [0.2, 0.25) is 5.43 Å². The minimum absolute atomic E-state index is 0.0769. The highest BCUT2D eigenvalue weighted by Crippen LogP contribution is 2.38. The molecule has 8 nitrogen and oxygen atoms in total. The molecule has 3 aromatic rings. The minimum Gasteiger partial charge on any atom is -0.502 e. The number of rotatable bonds is 2. The van der Waals surface area contributed by atoms with Gasteiger partial charge >= 0.3 is 0 Å². The number of hydrogen-bond donors (Lipinski definition) is 1. The van der Waals surface area contributed by atoms with E-state index in [9.17, 15) is 14.7 Å². The summed E-state index contributed by atoms with van der Waals surface area (Å²) in [5.41, 5.74) is 0.278. The van der Waals surface area contributed by atoms with Gasteiger partial charge in [0.15, 0.2) is 23.0 Å². The standard InChI is InChI=1S/C25H23FN4O4/c1-2-16-7-6-14-34-24-17(8-5-9-18(24)26)21(19-10-3-4-12-27-19)30-15-28(16)25(33)22-23(32)20(31)11-13-29(22)30/h3-13,16,21,32H,2,14-15H2,1H3/b7-6+/t16-,21+/m0/s1. The fourth-order valence-electron chi connectivity index (χ4n) is 4.52. The topological polar surface area (TPSA) is 87.9 Å². The zero-order valence-corrected chi connectivity index (χ0v) is 18.5. The molecule has 0 radical (unpaired) electrons. The van der Waals surface area contributed by atoms with Crippen LogP contribution in [0.15, 0.2) is 71.8 Å². The normalized spacial score (nSPS) is 20.6. The van der Waals surface area contributed by atoms with Gasteiger partial charge in [0.25, 0.3) is 5.91 Å². The van der Waals surface area contributed by atoms with Crippen LogP contribution >= 0.6 is 0 Å². The quantitative estimate of drug-likeness (QED) is 0.590. The number of fused-ring (bicyclic) bond motifs is 5. The van der Waals surface area contributed by atoms with Crippen LogP contribution in [0, 0.1) is 5.82 Å². The molecule has 34 heavy (non-hydrogen) atoms. The van der Waals surface area contributed by atoms with E-state index < -0.39 is 28.9 Å². The predicted octanol–water partition coefficient (Wildman–Crippen LogP) is 2.96. The Kier molecular flexibility index (Phi) is 5.53. The molecule has 2 aliphatic rings. The fraction of sp³-hybridized carbons (Fsp3) is 0.240. The van der Waals surface area contributed by atoms with Crippen LogP contribution in [0.3, 0.4) is 0 Å². The Labute approximate surface area is 195 Å². The number of carbonyl (C=O) groups is 1. The molecule has 1 N–H and O–H groups in total. The minimum atomic E-state index is -0.696. The zero-order valence-electron chi connectivity index (χ0n) is 18.5. The van der Waals surface area contributed by atoms with Crippen molar-refractivity contribution in [2.24, 2.45) is 0 Å². The van der Waals surface area contributed by atoms with Crippen molar-refractivity contribution < 1.29 is 19.0 Å². The number of hydrogen-bond acceptors (Lipinski definition) is 6. The second kappa shape index (κ2) is 8.66. The molecule has 2 aromatic heterocycles. The van der Waals surface area contributed by atoms with E-state index in [1.807, 2.05) is 19.1 Å². The SMILES string of the molecule is CC[C@H]1/C=C/COc2c(F)cccc2[C@H](c2ccccn2)N2CN1C(=O)c1c(O)c(=O)ccn12. The van der Waals surface area contributed by atoms with E-state index in [0.717, 1.165) is 0 Å². The van der Waals surface area contributed by atoms with E-state index in [4.69, 9.17) is 4.74 Å². The van der Waals surface area contributed by atoms with Gasteiger partial charge in [0, 0.05) is 24.0 Å². The predicted molar refractivity (Wildman–Crippen MR) is 123 cm³/mol. The highest BCUT2D eigenvalue weighted by Gasteiger charge is 2.40. The lowest BCUT2D eigenvalue weighted by atomic mass is 10.0. The van der Waals surface area contributed by atoms with Gasteiger partial charge in [-0.15, -0.1) is 0 Å². The maximum Gasteiger partial charge on any atom is 0.278 e. The van der Waals surface area contributed by atoms with Crippen LogP contribution in [0.1, 0.15) is 41.1 Å². The zero-order chi connectivity index (χ0) is 23.8. The summed E-state index contributed by atoms with van der Waals surface area (Å²) in [4.78, 5) is 31.9. The van der Waals surface area contributed by atoms with Crippen molar-refractivity contribution >= 4 is 5.91 Å². The number of carbonyl (C=O) groups excluding carboxylic acids is 1. The Bertz CT molecular complexity index is 1320. The van der Waals surface area contributed by atoms with Crippen molar-refractivity contribution in [3.8, 4) is 11.5 Å². The van der Waals surface area contributed by atoms with Crippen molar-refractivity contribution in [3.63, 3.8) is 0 Å². The molecule has 0 saturated heterocycles. The number of benzene rings is 1. The average molecular weight is 462 g/mol. The van der Waals surface area contributed by atoms with Crippen molar-refractivity contribution in [1.29, 1.82) is 0 Å². The molecule has 0 spiro atoms. The molecule has 9 heteroatoms. The third kappa shape index (κ3) is 3.49. The summed E-state index contributed by atoms with van der Waals surface area (Å²) in [6.45, 7) is 2.15. The number of ether oxygens (including phenoxy) is 1. The molecular formula is C25H23FN4O4. The molecule has 2 atom stereocenters. The molecule has 2 bridgehead atoms. The number of nitrogens with zero attached hydrogens (tertiary/aromatic N) is 4. The first-order valence-electron chi connectivity index (χ1n) is 11.0. The summed E-state index contributed by atoms with van der Waals surface area (Å²) in [5, 5.41) is 12.4. The van der Waals surface area contributed by atoms with E-state index in [2.05, 4.69) is 4.98 Å². The van der Waals surface area contributed by atoms with Gasteiger partial charge in [0.05, 0.1) is 11.7 Å². The lowest BCUT2D eigenvalue weighted by molar-refractivity contribution is 0.0625. The van der Waals surface area contributed by atoms with Crippen LogP contribution in [0.4, 0.5) is 4.39 Å². The summed E-state index contributed by atoms with van der Waals surface area (Å²) in [6, 6.07) is 10.2. The van der Waals surface area contributed by atoms with E-state index in [1.165, 1.54) is 23.0 Å². The monoisotopic (exact) mass is 462 g/mol. The largest absolute Gasteiger partial charge is 0.502 e. The van der Waals surface area contributed by atoms with Crippen LogP contribution in [-0.2, 0) is 0 Å². The molecule has 0 aliphatic carbocycles. The molecule has 0 fully saturated rings. The Morgan fingerprint density at radius 2 is 2.03 bits per heavy atom. The van der Waals surface area contributed by atoms with Crippen molar-refractivity contribution in [2.75, 3.05) is 18.3 Å². The van der Waals surface area contributed by atoms with Gasteiger partial charge in [-0.05, 0) is 30.7 Å². The molecule has 2 aliphatic heterocycles. The first kappa shape index (κ1) is 21.7. The molecule has 0 saturated carbocycles. The van der Waals surface area contributed by atoms with E-state index >= 15 is 4.39 Å². The highest BCUT2D eigenvalue weighted by atomic mass is 19.1. The van der Waals surface area contributed by atoms with Crippen LogP contribution in [-0.4, -0.2) is 44.9 Å². The second-order valence-corrected chi connectivity index (χ2v) is 8.11. The molecular weight excluding hydrogens is 439 g/mol. The van der Waals surface area contributed by atoms with Crippen LogP contribution in [0.25, 0.3) is 0 Å². The number of halogens is 1. The van der Waals surface area contributed by atoms with Gasteiger partial charge < -0.3 is 14.7 Å². The Hall–Kier alpha value is -4.14. The lowest BCUT2D eigenvalue weighted by Gasteiger charge is -2.45. The summed E-state index contributed by atoms with van der Waals surface area (Å²) in [6.07, 6.45) is 7.23. The van der Waals surface area contributed by atoms with Crippen molar-refractivity contribution in [3.05, 3.63) is 100 Å². The number of pyridine rings is 2. The van der Waals surface area contributed by atoms with Crippen LogP contribution in [0.2, 0.25) is 0 Å². The van der Waals surface area contributed by atoms with Crippen molar-refractivity contribution in [2.45, 2.75) is 25.4 Å².